The van der Waals surface area contributed by atoms with E-state index in [4.69, 9.17) is 0 Å². The molecule has 1 unspecified atom stereocenters. The number of carbonyl (C=O) groups excluding carboxylic acids is 1. The fraction of sp³-hybridized carbons (Fsp3) is 0.571. The number of aliphatic hydroxyl groups is 1. The summed E-state index contributed by atoms with van der Waals surface area (Å²) in [5.74, 6) is -0.0635. The van der Waals surface area contributed by atoms with E-state index in [9.17, 15) is 9.90 Å². The van der Waals surface area contributed by atoms with E-state index in [0.29, 0.717) is 24.2 Å². The maximum absolute atomic E-state index is 12.8. The van der Waals surface area contributed by atoms with Crippen LogP contribution in [-0.4, -0.2) is 53.9 Å². The lowest BCUT2D eigenvalue weighted by Gasteiger charge is -2.37. The lowest BCUT2D eigenvalue weighted by molar-refractivity contribution is 0.0260. The van der Waals surface area contributed by atoms with Gasteiger partial charge in [-0.2, -0.15) is 5.10 Å². The zero-order valence-electron chi connectivity index (χ0n) is 11.6. The summed E-state index contributed by atoms with van der Waals surface area (Å²) in [7, 11) is 0. The van der Waals surface area contributed by atoms with Gasteiger partial charge < -0.3 is 10.0 Å². The fourth-order valence-corrected chi connectivity index (χ4v) is 3.81. The molecule has 2 aromatic heterocycles. The molecule has 1 atom stereocenters. The zero-order valence-corrected chi connectivity index (χ0v) is 11.6. The van der Waals surface area contributed by atoms with Crippen LogP contribution in [0.1, 0.15) is 42.5 Å². The van der Waals surface area contributed by atoms with Crippen molar-refractivity contribution in [3.8, 4) is 0 Å². The Morgan fingerprint density at radius 1 is 1.38 bits per heavy atom. The molecule has 110 valence electrons. The standard InChI is InChI=1S/C14H17N5O2/c20-11-3-6-18(14(11)4-1-2-5-14)13(21)10-7-12-17-15-9-19(12)16-8-10/h7-9,11,20H,1-6H2. The largest absolute Gasteiger partial charge is 0.391 e. The van der Waals surface area contributed by atoms with Gasteiger partial charge in [-0.15, -0.1) is 10.2 Å². The Morgan fingerprint density at radius 3 is 3.00 bits per heavy atom. The molecule has 1 spiro atoms. The summed E-state index contributed by atoms with van der Waals surface area (Å²) >= 11 is 0. The van der Waals surface area contributed by atoms with Gasteiger partial charge in [0, 0.05) is 6.54 Å². The number of hydrogen-bond donors (Lipinski definition) is 1. The van der Waals surface area contributed by atoms with Crippen LogP contribution in [0.2, 0.25) is 0 Å². The van der Waals surface area contributed by atoms with E-state index < -0.39 is 6.10 Å². The average molecular weight is 287 g/mol. The van der Waals surface area contributed by atoms with Crippen LogP contribution in [0.4, 0.5) is 0 Å². The second-order valence-electron chi connectivity index (χ2n) is 5.95. The van der Waals surface area contributed by atoms with Crippen LogP contribution in [0.25, 0.3) is 5.65 Å². The van der Waals surface area contributed by atoms with Crippen LogP contribution in [0, 0.1) is 0 Å². The molecule has 0 bridgehead atoms. The first-order valence-corrected chi connectivity index (χ1v) is 7.37. The van der Waals surface area contributed by atoms with Crippen molar-refractivity contribution in [2.75, 3.05) is 6.54 Å². The third-order valence-electron chi connectivity index (χ3n) is 4.91. The third-order valence-corrected chi connectivity index (χ3v) is 4.91. The van der Waals surface area contributed by atoms with Gasteiger partial charge in [-0.1, -0.05) is 12.8 Å². The van der Waals surface area contributed by atoms with Gasteiger partial charge >= 0.3 is 0 Å². The quantitative estimate of drug-likeness (QED) is 0.832. The molecule has 2 aliphatic rings. The summed E-state index contributed by atoms with van der Waals surface area (Å²) in [5, 5.41) is 22.2. The van der Waals surface area contributed by atoms with Crippen molar-refractivity contribution in [2.45, 2.75) is 43.7 Å². The van der Waals surface area contributed by atoms with Gasteiger partial charge in [-0.05, 0) is 25.3 Å². The highest BCUT2D eigenvalue weighted by molar-refractivity contribution is 5.95. The van der Waals surface area contributed by atoms with Crippen molar-refractivity contribution < 1.29 is 9.90 Å². The minimum absolute atomic E-state index is 0.0635. The summed E-state index contributed by atoms with van der Waals surface area (Å²) < 4.78 is 1.53. The van der Waals surface area contributed by atoms with E-state index in [1.807, 2.05) is 4.90 Å². The Hall–Kier alpha value is -2.02. The number of rotatable bonds is 1. The highest BCUT2D eigenvalue weighted by Crippen LogP contribution is 2.43. The first kappa shape index (κ1) is 12.7. The first-order chi connectivity index (χ1) is 10.2. The van der Waals surface area contributed by atoms with Crippen LogP contribution >= 0.6 is 0 Å². The highest BCUT2D eigenvalue weighted by atomic mass is 16.3. The van der Waals surface area contributed by atoms with Gasteiger partial charge in [0.1, 0.15) is 6.33 Å². The summed E-state index contributed by atoms with van der Waals surface area (Å²) in [6, 6.07) is 1.70. The van der Waals surface area contributed by atoms with Crippen molar-refractivity contribution in [3.63, 3.8) is 0 Å². The van der Waals surface area contributed by atoms with Gasteiger partial charge in [0.05, 0.1) is 23.4 Å². The molecule has 7 nitrogen and oxygen atoms in total. The van der Waals surface area contributed by atoms with Crippen molar-refractivity contribution >= 4 is 11.6 Å². The Labute approximate surface area is 121 Å². The van der Waals surface area contributed by atoms with E-state index in [2.05, 4.69) is 15.3 Å². The second-order valence-corrected chi connectivity index (χ2v) is 5.95. The first-order valence-electron chi connectivity index (χ1n) is 7.37. The Bertz CT molecular complexity index is 691. The van der Waals surface area contributed by atoms with Crippen LogP contribution in [0.15, 0.2) is 18.6 Å². The Morgan fingerprint density at radius 2 is 2.19 bits per heavy atom. The molecule has 1 saturated heterocycles. The lowest BCUT2D eigenvalue weighted by Crippen LogP contribution is -2.50. The highest BCUT2D eigenvalue weighted by Gasteiger charge is 2.51. The average Bonchev–Trinajstić information content (AvgIpc) is 3.21. The van der Waals surface area contributed by atoms with E-state index >= 15 is 0 Å². The number of nitrogens with zero attached hydrogens (tertiary/aromatic N) is 5. The molecule has 7 heteroatoms. The molecule has 1 aliphatic heterocycles. The van der Waals surface area contributed by atoms with Gasteiger partial charge in [0.2, 0.25) is 0 Å². The van der Waals surface area contributed by atoms with Crippen LogP contribution in [0.3, 0.4) is 0 Å². The SMILES string of the molecule is O=C(c1cnn2cnnc2c1)N1CCC(O)C12CCCC2. The molecule has 1 amide bonds. The molecule has 0 aromatic carbocycles. The van der Waals surface area contributed by atoms with Crippen LogP contribution in [-0.2, 0) is 0 Å². The van der Waals surface area contributed by atoms with Crippen molar-refractivity contribution in [2.24, 2.45) is 0 Å². The van der Waals surface area contributed by atoms with E-state index in [-0.39, 0.29) is 11.4 Å². The molecule has 2 fully saturated rings. The number of hydrogen-bond acceptors (Lipinski definition) is 5. The topological polar surface area (TPSA) is 83.6 Å². The lowest BCUT2D eigenvalue weighted by atomic mass is 9.91. The number of amides is 1. The van der Waals surface area contributed by atoms with Crippen molar-refractivity contribution in [1.82, 2.24) is 24.7 Å². The molecule has 21 heavy (non-hydrogen) atoms. The normalized spacial score (nSPS) is 24.2. The van der Waals surface area contributed by atoms with Gasteiger partial charge in [0.15, 0.2) is 5.65 Å². The fourth-order valence-electron chi connectivity index (χ4n) is 3.81. The van der Waals surface area contributed by atoms with Gasteiger partial charge in [-0.3, -0.25) is 4.79 Å². The predicted molar refractivity (Wildman–Crippen MR) is 73.6 cm³/mol. The number of carbonyl (C=O) groups is 1. The molecule has 4 rings (SSSR count). The van der Waals surface area contributed by atoms with E-state index in [1.54, 1.807) is 12.3 Å². The molecule has 0 radical (unpaired) electrons. The number of aromatic nitrogens is 4. The van der Waals surface area contributed by atoms with E-state index in [0.717, 1.165) is 25.7 Å². The maximum atomic E-state index is 12.8. The predicted octanol–water partition coefficient (Wildman–Crippen LogP) is 0.644. The summed E-state index contributed by atoms with van der Waals surface area (Å²) in [4.78, 5) is 14.7. The Kier molecular flexibility index (Phi) is 2.72. The third kappa shape index (κ3) is 1.77. The summed E-state index contributed by atoms with van der Waals surface area (Å²) in [6.45, 7) is 0.609. The van der Waals surface area contributed by atoms with Crippen LogP contribution in [0.5, 0.6) is 0 Å². The number of fused-ring (bicyclic) bond motifs is 1. The molecule has 1 aliphatic carbocycles. The molecular weight excluding hydrogens is 270 g/mol. The van der Waals surface area contributed by atoms with Gasteiger partial charge in [-0.25, -0.2) is 4.52 Å². The molecule has 3 heterocycles. The van der Waals surface area contributed by atoms with E-state index in [1.165, 1.54) is 10.8 Å². The minimum Gasteiger partial charge on any atom is -0.391 e. The molecule has 1 N–H and O–H groups in total. The zero-order chi connectivity index (χ0) is 14.4. The summed E-state index contributed by atoms with van der Waals surface area (Å²) in [6.07, 6.45) is 7.22. The molecular formula is C14H17N5O2. The monoisotopic (exact) mass is 287 g/mol. The maximum Gasteiger partial charge on any atom is 0.256 e. The molecule has 1 saturated carbocycles. The minimum atomic E-state index is -0.409. The van der Waals surface area contributed by atoms with Crippen molar-refractivity contribution in [1.29, 1.82) is 0 Å². The van der Waals surface area contributed by atoms with Gasteiger partial charge in [0.25, 0.3) is 5.91 Å². The summed E-state index contributed by atoms with van der Waals surface area (Å²) in [5.41, 5.74) is 0.702. The molecule has 2 aromatic rings. The van der Waals surface area contributed by atoms with Crippen molar-refractivity contribution in [3.05, 3.63) is 24.2 Å². The Balaban J connectivity index is 1.70. The smallest absolute Gasteiger partial charge is 0.256 e. The number of likely N-dealkylation sites (tertiary alicyclic amines) is 1. The van der Waals surface area contributed by atoms with Crippen LogP contribution < -0.4 is 0 Å². The second kappa shape index (κ2) is 4.49. The number of aliphatic hydroxyl groups excluding tert-OH is 1.